The largest absolute Gasteiger partial charge is 0.491 e. The molecule has 1 atom stereocenters. The van der Waals surface area contributed by atoms with Crippen LogP contribution in [0.1, 0.15) is 38.7 Å². The second-order valence-corrected chi connectivity index (χ2v) is 5.98. The Morgan fingerprint density at radius 3 is 2.48 bits per heavy atom. The van der Waals surface area contributed by atoms with Crippen molar-refractivity contribution in [3.8, 4) is 11.8 Å². The Kier molecular flexibility index (Phi) is 5.60. The van der Waals surface area contributed by atoms with Crippen LogP contribution in [0.2, 0.25) is 0 Å². The molecular weight excluding hydrogens is 264 g/mol. The van der Waals surface area contributed by atoms with Gasteiger partial charge in [0.2, 0.25) is 0 Å². The first kappa shape index (κ1) is 15.8. The van der Waals surface area contributed by atoms with E-state index in [9.17, 15) is 5.11 Å². The number of benzene rings is 1. The van der Waals surface area contributed by atoms with Gasteiger partial charge in [0, 0.05) is 18.6 Å². The molecule has 4 nitrogen and oxygen atoms in total. The minimum atomic E-state index is -0.497. The summed E-state index contributed by atoms with van der Waals surface area (Å²) in [4.78, 5) is 2.37. The average molecular weight is 288 g/mol. The number of hydrogen-bond acceptors (Lipinski definition) is 4. The van der Waals surface area contributed by atoms with Crippen LogP contribution in [-0.4, -0.2) is 41.3 Å². The minimum Gasteiger partial charge on any atom is -0.491 e. The summed E-state index contributed by atoms with van der Waals surface area (Å²) in [6.07, 6.45) is 3.28. The molecule has 1 unspecified atom stereocenters. The molecule has 1 aliphatic rings. The zero-order valence-electron chi connectivity index (χ0n) is 12.8. The van der Waals surface area contributed by atoms with Crippen LogP contribution >= 0.6 is 0 Å². The van der Waals surface area contributed by atoms with Crippen molar-refractivity contribution in [1.82, 2.24) is 4.90 Å². The molecule has 1 N–H and O–H groups in total. The summed E-state index contributed by atoms with van der Waals surface area (Å²) in [6.45, 7) is 5.28. The van der Waals surface area contributed by atoms with Crippen molar-refractivity contribution in [2.75, 3.05) is 13.2 Å². The molecule has 0 heterocycles. The van der Waals surface area contributed by atoms with Crippen molar-refractivity contribution in [1.29, 1.82) is 5.26 Å². The fraction of sp³-hybridized carbons (Fsp3) is 0.588. The number of rotatable bonds is 7. The molecule has 0 spiro atoms. The van der Waals surface area contributed by atoms with Crippen LogP contribution in [0.15, 0.2) is 24.3 Å². The maximum atomic E-state index is 10.2. The van der Waals surface area contributed by atoms with Crippen LogP contribution in [0.3, 0.4) is 0 Å². The lowest BCUT2D eigenvalue weighted by Crippen LogP contribution is -2.48. The molecule has 114 valence electrons. The first-order chi connectivity index (χ1) is 10.1. The minimum absolute atomic E-state index is 0.280. The SMILES string of the molecule is CC(C)N(CC(O)COc1ccc(C#N)cc1)C1CCC1. The molecule has 1 saturated carbocycles. The fourth-order valence-corrected chi connectivity index (χ4v) is 2.61. The van der Waals surface area contributed by atoms with Crippen molar-refractivity contribution < 1.29 is 9.84 Å². The molecule has 1 aliphatic carbocycles. The number of nitriles is 1. The second kappa shape index (κ2) is 7.44. The molecule has 0 saturated heterocycles. The summed E-state index contributed by atoms with van der Waals surface area (Å²) >= 11 is 0. The van der Waals surface area contributed by atoms with Crippen molar-refractivity contribution in [2.24, 2.45) is 0 Å². The van der Waals surface area contributed by atoms with E-state index in [0.29, 0.717) is 29.9 Å². The van der Waals surface area contributed by atoms with Crippen molar-refractivity contribution in [3.05, 3.63) is 29.8 Å². The molecule has 0 radical (unpaired) electrons. The Balaban J connectivity index is 1.80. The van der Waals surface area contributed by atoms with E-state index < -0.39 is 6.10 Å². The molecular formula is C17H24N2O2. The van der Waals surface area contributed by atoms with Crippen molar-refractivity contribution >= 4 is 0 Å². The van der Waals surface area contributed by atoms with Crippen LogP contribution < -0.4 is 4.74 Å². The molecule has 21 heavy (non-hydrogen) atoms. The van der Waals surface area contributed by atoms with Gasteiger partial charge >= 0.3 is 0 Å². The molecule has 0 aliphatic heterocycles. The van der Waals surface area contributed by atoms with E-state index in [-0.39, 0.29) is 6.61 Å². The Morgan fingerprint density at radius 2 is 2.00 bits per heavy atom. The van der Waals surface area contributed by atoms with Gasteiger partial charge in [0.15, 0.2) is 0 Å². The van der Waals surface area contributed by atoms with Gasteiger partial charge in [-0.3, -0.25) is 4.90 Å². The smallest absolute Gasteiger partial charge is 0.119 e. The van der Waals surface area contributed by atoms with Gasteiger partial charge in [-0.15, -0.1) is 0 Å². The maximum Gasteiger partial charge on any atom is 0.119 e. The highest BCUT2D eigenvalue weighted by Crippen LogP contribution is 2.26. The highest BCUT2D eigenvalue weighted by molar-refractivity contribution is 5.34. The van der Waals surface area contributed by atoms with Crippen LogP contribution in [0.4, 0.5) is 0 Å². The number of aliphatic hydroxyl groups excluding tert-OH is 1. The molecule has 1 fully saturated rings. The Labute approximate surface area is 127 Å². The summed E-state index contributed by atoms with van der Waals surface area (Å²) in [6, 6.07) is 10.1. The van der Waals surface area contributed by atoms with Crippen LogP contribution in [0.25, 0.3) is 0 Å². The highest BCUT2D eigenvalue weighted by Gasteiger charge is 2.28. The van der Waals surface area contributed by atoms with Gasteiger partial charge in [0.25, 0.3) is 0 Å². The third-order valence-corrected chi connectivity index (χ3v) is 4.05. The maximum absolute atomic E-state index is 10.2. The van der Waals surface area contributed by atoms with Gasteiger partial charge in [-0.1, -0.05) is 6.42 Å². The number of ether oxygens (including phenoxy) is 1. The standard InChI is InChI=1S/C17H24N2O2/c1-13(2)19(15-4-3-5-15)11-16(20)12-21-17-8-6-14(10-18)7-9-17/h6-9,13,15-16,20H,3-5,11-12H2,1-2H3. The van der Waals surface area contributed by atoms with Gasteiger partial charge in [-0.25, -0.2) is 0 Å². The fourth-order valence-electron chi connectivity index (χ4n) is 2.61. The topological polar surface area (TPSA) is 56.5 Å². The molecule has 0 amide bonds. The molecule has 1 aromatic rings. The first-order valence-electron chi connectivity index (χ1n) is 7.67. The predicted molar refractivity (Wildman–Crippen MR) is 82.1 cm³/mol. The van der Waals surface area contributed by atoms with Crippen LogP contribution in [0.5, 0.6) is 5.75 Å². The molecule has 4 heteroatoms. The van der Waals surface area contributed by atoms with Gasteiger partial charge < -0.3 is 9.84 Å². The molecule has 2 rings (SSSR count). The lowest BCUT2D eigenvalue weighted by atomic mass is 9.90. The van der Waals surface area contributed by atoms with Crippen LogP contribution in [-0.2, 0) is 0 Å². The zero-order chi connectivity index (χ0) is 15.2. The van der Waals surface area contributed by atoms with Crippen molar-refractivity contribution in [3.63, 3.8) is 0 Å². The van der Waals surface area contributed by atoms with Gasteiger partial charge in [-0.05, 0) is 51.0 Å². The lowest BCUT2D eigenvalue weighted by Gasteiger charge is -2.41. The van der Waals surface area contributed by atoms with Crippen LogP contribution in [0, 0.1) is 11.3 Å². The predicted octanol–water partition coefficient (Wildman–Crippen LogP) is 2.56. The van der Waals surface area contributed by atoms with E-state index in [1.807, 2.05) is 0 Å². The molecule has 0 bridgehead atoms. The molecule has 0 aromatic heterocycles. The van der Waals surface area contributed by atoms with Gasteiger partial charge in [-0.2, -0.15) is 5.26 Å². The third-order valence-electron chi connectivity index (χ3n) is 4.05. The van der Waals surface area contributed by atoms with Crippen molar-refractivity contribution in [2.45, 2.75) is 51.3 Å². The Morgan fingerprint density at radius 1 is 1.33 bits per heavy atom. The number of aliphatic hydroxyl groups is 1. The summed E-state index contributed by atoms with van der Waals surface area (Å²) in [5, 5.41) is 18.9. The summed E-state index contributed by atoms with van der Waals surface area (Å²) in [5.74, 6) is 0.688. The summed E-state index contributed by atoms with van der Waals surface area (Å²) < 4.78 is 5.59. The quantitative estimate of drug-likeness (QED) is 0.838. The first-order valence-corrected chi connectivity index (χ1v) is 7.67. The van der Waals surface area contributed by atoms with E-state index in [4.69, 9.17) is 10.00 Å². The summed E-state index contributed by atoms with van der Waals surface area (Å²) in [5.41, 5.74) is 0.610. The Bertz CT molecular complexity index is 475. The normalized spacial score (nSPS) is 16.6. The second-order valence-electron chi connectivity index (χ2n) is 5.98. The summed E-state index contributed by atoms with van der Waals surface area (Å²) in [7, 11) is 0. The average Bonchev–Trinajstić information content (AvgIpc) is 2.43. The van der Waals surface area contributed by atoms with E-state index in [1.54, 1.807) is 24.3 Å². The highest BCUT2D eigenvalue weighted by atomic mass is 16.5. The Hall–Kier alpha value is -1.57. The monoisotopic (exact) mass is 288 g/mol. The van der Waals surface area contributed by atoms with Gasteiger partial charge in [0.1, 0.15) is 18.5 Å². The van der Waals surface area contributed by atoms with E-state index in [0.717, 1.165) is 0 Å². The molecule has 1 aromatic carbocycles. The number of nitrogens with zero attached hydrogens (tertiary/aromatic N) is 2. The lowest BCUT2D eigenvalue weighted by molar-refractivity contribution is 0.0177. The van der Waals surface area contributed by atoms with E-state index in [1.165, 1.54) is 19.3 Å². The van der Waals surface area contributed by atoms with E-state index >= 15 is 0 Å². The van der Waals surface area contributed by atoms with E-state index in [2.05, 4.69) is 24.8 Å². The van der Waals surface area contributed by atoms with Gasteiger partial charge in [0.05, 0.1) is 11.6 Å². The number of hydrogen-bond donors (Lipinski definition) is 1. The zero-order valence-corrected chi connectivity index (χ0v) is 12.8. The third kappa shape index (κ3) is 4.45.